The Hall–Kier alpha value is -1.22. The highest BCUT2D eigenvalue weighted by Gasteiger charge is 2.12. The molecule has 0 spiro atoms. The predicted molar refractivity (Wildman–Crippen MR) is 90.4 cm³/mol. The summed E-state index contributed by atoms with van der Waals surface area (Å²) in [6.07, 6.45) is 0. The zero-order valence-corrected chi connectivity index (χ0v) is 13.2. The van der Waals surface area contributed by atoms with Crippen LogP contribution in [0.1, 0.15) is 16.7 Å². The third kappa shape index (κ3) is 6.27. The van der Waals surface area contributed by atoms with E-state index < -0.39 is 0 Å². The van der Waals surface area contributed by atoms with Crippen LogP contribution < -0.4 is 33.2 Å². The average Bonchev–Trinajstić information content (AvgIpc) is 2.52. The maximum atomic E-state index is 10.2. The molecule has 0 radical (unpaired) electrons. The first-order valence-corrected chi connectivity index (χ1v) is 7.79. The zero-order chi connectivity index (χ0) is 16.2. The molecule has 0 heterocycles. The topological polar surface area (TPSA) is 134 Å². The van der Waals surface area contributed by atoms with Crippen LogP contribution >= 0.6 is 0 Å². The van der Waals surface area contributed by atoms with Gasteiger partial charge in [0.2, 0.25) is 0 Å². The molecule has 0 saturated heterocycles. The molecular formula is C15H30N6O. The lowest BCUT2D eigenvalue weighted by Gasteiger charge is -2.18. The molecule has 10 N–H and O–H groups in total. The largest absolute Gasteiger partial charge is 0.508 e. The van der Waals surface area contributed by atoms with Gasteiger partial charge in [-0.25, -0.2) is 0 Å². The SMILES string of the molecule is NCCNCc1ccc(O)c(CNCCN)c1CNCCN. The fraction of sp³-hybridized carbons (Fsp3) is 0.600. The van der Waals surface area contributed by atoms with Gasteiger partial charge in [-0.05, 0) is 17.2 Å². The van der Waals surface area contributed by atoms with Crippen LogP contribution in [-0.2, 0) is 19.6 Å². The molecule has 7 heteroatoms. The van der Waals surface area contributed by atoms with E-state index in [0.717, 1.165) is 36.3 Å². The first-order valence-electron chi connectivity index (χ1n) is 7.79. The lowest BCUT2D eigenvalue weighted by atomic mass is 9.99. The molecule has 0 atom stereocenters. The number of rotatable bonds is 12. The smallest absolute Gasteiger partial charge is 0.120 e. The van der Waals surface area contributed by atoms with Crippen LogP contribution in [0.2, 0.25) is 0 Å². The molecule has 0 aliphatic heterocycles. The van der Waals surface area contributed by atoms with E-state index in [1.54, 1.807) is 6.07 Å². The average molecular weight is 310 g/mol. The number of nitrogens with two attached hydrogens (primary N) is 3. The first kappa shape index (κ1) is 18.8. The van der Waals surface area contributed by atoms with Crippen LogP contribution in [0.25, 0.3) is 0 Å². The van der Waals surface area contributed by atoms with E-state index in [-0.39, 0.29) is 0 Å². The van der Waals surface area contributed by atoms with Gasteiger partial charge in [0, 0.05) is 64.5 Å². The molecule has 0 aliphatic carbocycles. The molecule has 126 valence electrons. The third-order valence-corrected chi connectivity index (χ3v) is 3.39. The summed E-state index contributed by atoms with van der Waals surface area (Å²) in [6.45, 7) is 5.95. The quantitative estimate of drug-likeness (QED) is 0.234. The second-order valence-electron chi connectivity index (χ2n) is 5.10. The van der Waals surface area contributed by atoms with Crippen molar-refractivity contribution < 1.29 is 5.11 Å². The predicted octanol–water partition coefficient (Wildman–Crippen LogP) is -1.46. The minimum absolute atomic E-state index is 0.302. The number of phenols is 1. The molecular weight excluding hydrogens is 280 g/mol. The Morgan fingerprint density at radius 1 is 0.727 bits per heavy atom. The second-order valence-corrected chi connectivity index (χ2v) is 5.10. The molecule has 0 saturated carbocycles. The highest BCUT2D eigenvalue weighted by atomic mass is 16.3. The molecule has 1 aromatic rings. The van der Waals surface area contributed by atoms with Gasteiger partial charge in [0.15, 0.2) is 0 Å². The van der Waals surface area contributed by atoms with Gasteiger partial charge in [-0.3, -0.25) is 0 Å². The number of hydrogen-bond acceptors (Lipinski definition) is 7. The maximum absolute atomic E-state index is 10.2. The van der Waals surface area contributed by atoms with Crippen molar-refractivity contribution in [2.24, 2.45) is 17.2 Å². The Balaban J connectivity index is 2.89. The van der Waals surface area contributed by atoms with Crippen molar-refractivity contribution >= 4 is 0 Å². The Bertz CT molecular complexity index is 427. The molecule has 0 aromatic heterocycles. The minimum atomic E-state index is 0.302. The van der Waals surface area contributed by atoms with Gasteiger partial charge in [-0.15, -0.1) is 0 Å². The van der Waals surface area contributed by atoms with Crippen LogP contribution in [0, 0.1) is 0 Å². The van der Waals surface area contributed by atoms with E-state index in [0.29, 0.717) is 45.0 Å². The number of aromatic hydroxyl groups is 1. The number of benzene rings is 1. The summed E-state index contributed by atoms with van der Waals surface area (Å²) in [6, 6.07) is 3.69. The zero-order valence-electron chi connectivity index (χ0n) is 13.2. The van der Waals surface area contributed by atoms with E-state index in [1.165, 1.54) is 0 Å². The highest BCUT2D eigenvalue weighted by Crippen LogP contribution is 2.25. The van der Waals surface area contributed by atoms with Gasteiger partial charge >= 0.3 is 0 Å². The minimum Gasteiger partial charge on any atom is -0.508 e. The van der Waals surface area contributed by atoms with Gasteiger partial charge in [0.1, 0.15) is 5.75 Å². The summed E-state index contributed by atoms with van der Waals surface area (Å²) in [5.74, 6) is 0.302. The lowest BCUT2D eigenvalue weighted by molar-refractivity contribution is 0.461. The van der Waals surface area contributed by atoms with Gasteiger partial charge in [-0.1, -0.05) is 6.07 Å². The summed E-state index contributed by atoms with van der Waals surface area (Å²) >= 11 is 0. The van der Waals surface area contributed by atoms with Crippen molar-refractivity contribution in [3.05, 3.63) is 28.8 Å². The van der Waals surface area contributed by atoms with Gasteiger partial charge in [0.05, 0.1) is 0 Å². The molecule has 22 heavy (non-hydrogen) atoms. The van der Waals surface area contributed by atoms with Crippen molar-refractivity contribution in [3.8, 4) is 5.75 Å². The van der Waals surface area contributed by atoms with Gasteiger partial charge in [0.25, 0.3) is 0 Å². The molecule has 0 aliphatic rings. The number of hydrogen-bond donors (Lipinski definition) is 7. The summed E-state index contributed by atoms with van der Waals surface area (Å²) in [4.78, 5) is 0. The van der Waals surface area contributed by atoms with Crippen molar-refractivity contribution in [2.45, 2.75) is 19.6 Å². The standard InChI is InChI=1S/C15H30N6O/c16-3-6-19-9-12-1-2-15(22)14(11-21-8-5-18)13(12)10-20-7-4-17/h1-2,19-22H,3-11,16-18H2. The van der Waals surface area contributed by atoms with Crippen LogP contribution in [0.5, 0.6) is 5.75 Å². The molecule has 0 unspecified atom stereocenters. The van der Waals surface area contributed by atoms with E-state index >= 15 is 0 Å². The lowest BCUT2D eigenvalue weighted by Crippen LogP contribution is -2.27. The van der Waals surface area contributed by atoms with Crippen molar-refractivity contribution in [3.63, 3.8) is 0 Å². The van der Waals surface area contributed by atoms with E-state index in [4.69, 9.17) is 17.2 Å². The molecule has 0 bridgehead atoms. The van der Waals surface area contributed by atoms with E-state index in [9.17, 15) is 5.11 Å². The van der Waals surface area contributed by atoms with E-state index in [1.807, 2.05) is 6.07 Å². The van der Waals surface area contributed by atoms with Crippen LogP contribution in [0.15, 0.2) is 12.1 Å². The Morgan fingerprint density at radius 3 is 1.77 bits per heavy atom. The monoisotopic (exact) mass is 310 g/mol. The maximum Gasteiger partial charge on any atom is 0.120 e. The normalized spacial score (nSPS) is 11.0. The molecule has 1 rings (SSSR count). The Labute approximate surface area is 132 Å². The number of nitrogens with one attached hydrogen (secondary N) is 3. The molecule has 1 aromatic carbocycles. The van der Waals surface area contributed by atoms with Crippen LogP contribution in [0.4, 0.5) is 0 Å². The third-order valence-electron chi connectivity index (χ3n) is 3.39. The summed E-state index contributed by atoms with van der Waals surface area (Å²) in [5.41, 5.74) is 19.7. The summed E-state index contributed by atoms with van der Waals surface area (Å²) in [7, 11) is 0. The van der Waals surface area contributed by atoms with Gasteiger partial charge in [-0.2, -0.15) is 0 Å². The molecule has 0 fully saturated rings. The van der Waals surface area contributed by atoms with Crippen molar-refractivity contribution in [1.29, 1.82) is 0 Å². The molecule has 7 nitrogen and oxygen atoms in total. The second kappa shape index (κ2) is 11.4. The first-order chi connectivity index (χ1) is 10.7. The van der Waals surface area contributed by atoms with Crippen LogP contribution in [-0.4, -0.2) is 44.4 Å². The fourth-order valence-corrected chi connectivity index (χ4v) is 2.27. The van der Waals surface area contributed by atoms with Gasteiger partial charge < -0.3 is 38.3 Å². The molecule has 0 amide bonds. The van der Waals surface area contributed by atoms with E-state index in [2.05, 4.69) is 16.0 Å². The Morgan fingerprint density at radius 2 is 1.23 bits per heavy atom. The summed E-state index contributed by atoms with van der Waals surface area (Å²) < 4.78 is 0. The van der Waals surface area contributed by atoms with Crippen molar-refractivity contribution in [1.82, 2.24) is 16.0 Å². The van der Waals surface area contributed by atoms with Crippen molar-refractivity contribution in [2.75, 3.05) is 39.3 Å². The fourth-order valence-electron chi connectivity index (χ4n) is 2.27. The Kier molecular flexibility index (Phi) is 9.72. The summed E-state index contributed by atoms with van der Waals surface area (Å²) in [5, 5.41) is 20.0. The number of phenolic OH excluding ortho intramolecular Hbond substituents is 1. The van der Waals surface area contributed by atoms with Crippen LogP contribution in [0.3, 0.4) is 0 Å². The highest BCUT2D eigenvalue weighted by molar-refractivity contribution is 5.44.